The fourth-order valence-electron chi connectivity index (χ4n) is 0.891. The molecule has 0 aliphatic carbocycles. The standard InChI is InChI=1S/C8H11NO2.CH4.Au/c9-4-3-6-1-2-7(10)8(11)5-6;;/h1-2,5,10-11H,3-4,9H2;1H4;. The zero-order valence-corrected chi connectivity index (χ0v) is 8.59. The normalized spacial score (nSPS) is 8.38. The second-order valence-corrected chi connectivity index (χ2v) is 2.36. The van der Waals surface area contributed by atoms with Crippen LogP contribution in [-0.2, 0) is 28.8 Å². The topological polar surface area (TPSA) is 66.5 Å². The van der Waals surface area contributed by atoms with E-state index in [1.165, 1.54) is 12.1 Å². The number of aromatic hydroxyl groups is 2. The molecule has 0 aliphatic heterocycles. The van der Waals surface area contributed by atoms with Gasteiger partial charge < -0.3 is 15.9 Å². The Labute approximate surface area is 94.1 Å². The summed E-state index contributed by atoms with van der Waals surface area (Å²) in [6, 6.07) is 4.71. The Hall–Kier alpha value is -0.480. The molecule has 0 fully saturated rings. The summed E-state index contributed by atoms with van der Waals surface area (Å²) >= 11 is 0. The smallest absolute Gasteiger partial charge is 0.157 e. The van der Waals surface area contributed by atoms with Crippen molar-refractivity contribution in [2.45, 2.75) is 13.8 Å². The van der Waals surface area contributed by atoms with Crippen molar-refractivity contribution in [2.75, 3.05) is 6.54 Å². The van der Waals surface area contributed by atoms with Crippen molar-refractivity contribution in [1.29, 1.82) is 0 Å². The van der Waals surface area contributed by atoms with E-state index < -0.39 is 0 Å². The Bertz CT molecular complexity index is 253. The van der Waals surface area contributed by atoms with Crippen molar-refractivity contribution in [3.8, 4) is 11.5 Å². The molecule has 0 unspecified atom stereocenters. The van der Waals surface area contributed by atoms with E-state index in [4.69, 9.17) is 15.9 Å². The molecule has 0 spiro atoms. The van der Waals surface area contributed by atoms with Crippen LogP contribution in [0.25, 0.3) is 0 Å². The number of hydrogen-bond donors (Lipinski definition) is 3. The van der Waals surface area contributed by atoms with E-state index in [1.807, 2.05) is 0 Å². The van der Waals surface area contributed by atoms with E-state index in [1.54, 1.807) is 6.07 Å². The molecule has 0 saturated carbocycles. The number of phenolic OH excluding ortho intramolecular Hbond substituents is 2. The van der Waals surface area contributed by atoms with Crippen LogP contribution in [0, 0.1) is 0 Å². The second kappa shape index (κ2) is 6.98. The molecule has 0 amide bonds. The molecule has 1 aromatic rings. The van der Waals surface area contributed by atoms with Crippen molar-refractivity contribution in [1.82, 2.24) is 0 Å². The van der Waals surface area contributed by atoms with Crippen molar-refractivity contribution in [2.24, 2.45) is 5.73 Å². The Morgan fingerprint density at radius 1 is 1.15 bits per heavy atom. The summed E-state index contributed by atoms with van der Waals surface area (Å²) < 4.78 is 0. The first-order valence-corrected chi connectivity index (χ1v) is 3.45. The molecule has 4 heteroatoms. The molecule has 1 aromatic carbocycles. The van der Waals surface area contributed by atoms with Gasteiger partial charge in [0.05, 0.1) is 0 Å². The van der Waals surface area contributed by atoms with Crippen LogP contribution in [0.4, 0.5) is 0 Å². The SMILES string of the molecule is C.NCCc1ccc(O)c(O)c1.[Au]. The first-order chi connectivity index (χ1) is 5.24. The molecular formula is C9H15AuNO2. The van der Waals surface area contributed by atoms with Crippen LogP contribution in [0.5, 0.6) is 11.5 Å². The molecule has 1 radical (unpaired) electrons. The molecule has 4 N–H and O–H groups in total. The predicted octanol–water partition coefficient (Wildman–Crippen LogP) is 1.23. The third-order valence-corrected chi connectivity index (χ3v) is 1.47. The maximum atomic E-state index is 9.04. The maximum absolute atomic E-state index is 9.04. The maximum Gasteiger partial charge on any atom is 0.157 e. The fourth-order valence-corrected chi connectivity index (χ4v) is 0.891. The number of rotatable bonds is 2. The van der Waals surface area contributed by atoms with E-state index in [9.17, 15) is 0 Å². The van der Waals surface area contributed by atoms with E-state index in [2.05, 4.69) is 0 Å². The quantitative estimate of drug-likeness (QED) is 0.545. The molecule has 0 aromatic heterocycles. The molecule has 0 bridgehead atoms. The van der Waals surface area contributed by atoms with Crippen LogP contribution < -0.4 is 5.73 Å². The molecule has 0 aliphatic rings. The van der Waals surface area contributed by atoms with Gasteiger partial charge in [-0.15, -0.1) is 0 Å². The Balaban J connectivity index is 0. The minimum atomic E-state index is -0.0919. The second-order valence-electron chi connectivity index (χ2n) is 2.36. The first-order valence-electron chi connectivity index (χ1n) is 3.45. The third kappa shape index (κ3) is 4.33. The van der Waals surface area contributed by atoms with E-state index >= 15 is 0 Å². The number of phenols is 2. The molecular weight excluding hydrogens is 351 g/mol. The Kier molecular flexibility index (Phi) is 8.06. The summed E-state index contributed by atoms with van der Waals surface area (Å²) in [5.41, 5.74) is 6.24. The van der Waals surface area contributed by atoms with E-state index in [-0.39, 0.29) is 41.3 Å². The average molecular weight is 366 g/mol. The summed E-state index contributed by atoms with van der Waals surface area (Å²) in [7, 11) is 0. The van der Waals surface area contributed by atoms with Crippen LogP contribution >= 0.6 is 0 Å². The van der Waals surface area contributed by atoms with E-state index in [0.29, 0.717) is 13.0 Å². The summed E-state index contributed by atoms with van der Waals surface area (Å²) in [6.07, 6.45) is 0.716. The van der Waals surface area contributed by atoms with Gasteiger partial charge in [0.25, 0.3) is 0 Å². The molecule has 79 valence electrons. The fraction of sp³-hybridized carbons (Fsp3) is 0.333. The molecule has 0 atom stereocenters. The minimum Gasteiger partial charge on any atom is -0.504 e. The molecule has 1 rings (SSSR count). The van der Waals surface area contributed by atoms with Gasteiger partial charge >= 0.3 is 0 Å². The molecule has 13 heavy (non-hydrogen) atoms. The van der Waals surface area contributed by atoms with Gasteiger partial charge in [0, 0.05) is 22.4 Å². The van der Waals surface area contributed by atoms with Crippen molar-refractivity contribution in [3.63, 3.8) is 0 Å². The number of benzene rings is 1. The van der Waals surface area contributed by atoms with Crippen LogP contribution in [0.15, 0.2) is 18.2 Å². The van der Waals surface area contributed by atoms with Gasteiger partial charge in [0.2, 0.25) is 0 Å². The van der Waals surface area contributed by atoms with Gasteiger partial charge in [0.15, 0.2) is 11.5 Å². The van der Waals surface area contributed by atoms with Gasteiger partial charge in [0.1, 0.15) is 0 Å². The first kappa shape index (κ1) is 15.0. The zero-order chi connectivity index (χ0) is 8.27. The largest absolute Gasteiger partial charge is 0.504 e. The Morgan fingerprint density at radius 3 is 2.23 bits per heavy atom. The number of nitrogens with two attached hydrogens (primary N) is 1. The minimum absolute atomic E-state index is 0. The summed E-state index contributed by atoms with van der Waals surface area (Å²) in [6.45, 7) is 0.546. The summed E-state index contributed by atoms with van der Waals surface area (Å²) in [5, 5.41) is 18.0. The molecule has 3 nitrogen and oxygen atoms in total. The van der Waals surface area contributed by atoms with Gasteiger partial charge in [-0.1, -0.05) is 13.5 Å². The van der Waals surface area contributed by atoms with Gasteiger partial charge in [-0.3, -0.25) is 0 Å². The van der Waals surface area contributed by atoms with E-state index in [0.717, 1.165) is 5.56 Å². The van der Waals surface area contributed by atoms with Gasteiger partial charge in [-0.25, -0.2) is 0 Å². The van der Waals surface area contributed by atoms with Crippen LogP contribution in [0.3, 0.4) is 0 Å². The van der Waals surface area contributed by atoms with Crippen molar-refractivity contribution in [3.05, 3.63) is 23.8 Å². The van der Waals surface area contributed by atoms with Gasteiger partial charge in [-0.05, 0) is 30.7 Å². The Morgan fingerprint density at radius 2 is 1.77 bits per heavy atom. The molecule has 0 heterocycles. The monoisotopic (exact) mass is 366 g/mol. The number of hydrogen-bond acceptors (Lipinski definition) is 3. The third-order valence-electron chi connectivity index (χ3n) is 1.47. The van der Waals surface area contributed by atoms with Crippen molar-refractivity contribution < 1.29 is 32.6 Å². The predicted molar refractivity (Wildman–Crippen MR) is 49.3 cm³/mol. The van der Waals surface area contributed by atoms with Gasteiger partial charge in [-0.2, -0.15) is 0 Å². The van der Waals surface area contributed by atoms with Crippen molar-refractivity contribution >= 4 is 0 Å². The summed E-state index contributed by atoms with van der Waals surface area (Å²) in [4.78, 5) is 0. The summed E-state index contributed by atoms with van der Waals surface area (Å²) in [5.74, 6) is -0.179. The average Bonchev–Trinajstić information content (AvgIpc) is 1.98. The zero-order valence-electron chi connectivity index (χ0n) is 6.42. The van der Waals surface area contributed by atoms with Crippen LogP contribution in [-0.4, -0.2) is 16.8 Å². The van der Waals surface area contributed by atoms with Crippen LogP contribution in [0.1, 0.15) is 13.0 Å². The van der Waals surface area contributed by atoms with Crippen LogP contribution in [0.2, 0.25) is 0 Å². The molecule has 0 saturated heterocycles.